The van der Waals surface area contributed by atoms with E-state index in [2.05, 4.69) is 15.4 Å². The summed E-state index contributed by atoms with van der Waals surface area (Å²) in [6.45, 7) is 0.671. The fourth-order valence-electron chi connectivity index (χ4n) is 2.27. The van der Waals surface area contributed by atoms with E-state index in [9.17, 15) is 13.6 Å². The van der Waals surface area contributed by atoms with Crippen LogP contribution in [0.15, 0.2) is 48.5 Å². The van der Waals surface area contributed by atoms with Crippen molar-refractivity contribution >= 4 is 11.6 Å². The maximum absolute atomic E-state index is 12.4. The predicted molar refractivity (Wildman–Crippen MR) is 89.2 cm³/mol. The van der Waals surface area contributed by atoms with Gasteiger partial charge in [-0.1, -0.05) is 37.3 Å². The topological polar surface area (TPSA) is 50.4 Å². The molecule has 2 N–H and O–H groups in total. The van der Waals surface area contributed by atoms with E-state index in [4.69, 9.17) is 0 Å². The van der Waals surface area contributed by atoms with Gasteiger partial charge in [0.1, 0.15) is 5.75 Å². The van der Waals surface area contributed by atoms with Crippen molar-refractivity contribution in [2.75, 3.05) is 11.9 Å². The zero-order chi connectivity index (χ0) is 17.4. The molecule has 0 saturated carbocycles. The highest BCUT2D eigenvalue weighted by atomic mass is 19.3. The number of nitrogens with one attached hydrogen (secondary N) is 2. The quantitative estimate of drug-likeness (QED) is 0.776. The van der Waals surface area contributed by atoms with E-state index in [1.807, 2.05) is 25.1 Å². The zero-order valence-electron chi connectivity index (χ0n) is 13.4. The molecule has 0 bridgehead atoms. The largest absolute Gasteiger partial charge is 0.435 e. The van der Waals surface area contributed by atoms with Crippen molar-refractivity contribution in [3.8, 4) is 5.75 Å². The third-order valence-corrected chi connectivity index (χ3v) is 3.33. The Morgan fingerprint density at radius 1 is 1.17 bits per heavy atom. The van der Waals surface area contributed by atoms with Crippen molar-refractivity contribution < 1.29 is 18.3 Å². The molecule has 0 radical (unpaired) electrons. The Labute approximate surface area is 139 Å². The normalized spacial score (nSPS) is 10.7. The van der Waals surface area contributed by atoms with Gasteiger partial charge in [-0.3, -0.25) is 4.79 Å². The van der Waals surface area contributed by atoms with Crippen molar-refractivity contribution in [2.24, 2.45) is 0 Å². The number of halogens is 2. The molecule has 0 heterocycles. The van der Waals surface area contributed by atoms with Gasteiger partial charge in [0.05, 0.1) is 6.42 Å². The van der Waals surface area contributed by atoms with Crippen LogP contribution in [-0.2, 0) is 17.8 Å². The first kappa shape index (κ1) is 17.9. The number of hydrogen-bond donors (Lipinski definition) is 2. The highest BCUT2D eigenvalue weighted by molar-refractivity contribution is 5.92. The molecule has 0 aliphatic heterocycles. The SMILES string of the molecule is CCNCc1cccc(NC(=O)Cc2ccccc2OC(F)F)c1. The molecule has 2 aromatic carbocycles. The molecule has 0 fully saturated rings. The summed E-state index contributed by atoms with van der Waals surface area (Å²) in [5, 5.41) is 5.99. The average Bonchev–Trinajstić information content (AvgIpc) is 2.54. The van der Waals surface area contributed by atoms with Crippen LogP contribution >= 0.6 is 0 Å². The lowest BCUT2D eigenvalue weighted by Gasteiger charge is -2.11. The van der Waals surface area contributed by atoms with E-state index in [1.165, 1.54) is 6.07 Å². The molecular formula is C18H20F2N2O2. The van der Waals surface area contributed by atoms with Crippen LogP contribution in [0.1, 0.15) is 18.1 Å². The lowest BCUT2D eigenvalue weighted by molar-refractivity contribution is -0.115. The van der Waals surface area contributed by atoms with E-state index in [-0.39, 0.29) is 18.1 Å². The molecule has 1 amide bonds. The first-order valence-corrected chi connectivity index (χ1v) is 7.70. The van der Waals surface area contributed by atoms with Crippen molar-refractivity contribution in [3.63, 3.8) is 0 Å². The number of para-hydroxylation sites is 1. The van der Waals surface area contributed by atoms with Crippen LogP contribution in [0.4, 0.5) is 14.5 Å². The number of rotatable bonds is 8. The predicted octanol–water partition coefficient (Wildman–Crippen LogP) is 3.58. The number of carbonyl (C=O) groups excluding carboxylic acids is 1. The number of hydrogen-bond acceptors (Lipinski definition) is 3. The molecule has 0 atom stereocenters. The van der Waals surface area contributed by atoms with Crippen LogP contribution in [-0.4, -0.2) is 19.1 Å². The number of amides is 1. The van der Waals surface area contributed by atoms with E-state index in [1.54, 1.807) is 24.3 Å². The first-order chi connectivity index (χ1) is 11.6. The molecule has 0 spiro atoms. The van der Waals surface area contributed by atoms with Gasteiger partial charge in [-0.15, -0.1) is 0 Å². The summed E-state index contributed by atoms with van der Waals surface area (Å²) >= 11 is 0. The van der Waals surface area contributed by atoms with Gasteiger partial charge in [-0.25, -0.2) is 0 Å². The Hall–Kier alpha value is -2.47. The van der Waals surface area contributed by atoms with Gasteiger partial charge < -0.3 is 15.4 Å². The Bertz CT molecular complexity index is 678. The molecular weight excluding hydrogens is 314 g/mol. The third kappa shape index (κ3) is 5.62. The Balaban J connectivity index is 2.01. The second-order valence-electron chi connectivity index (χ2n) is 5.19. The van der Waals surface area contributed by atoms with Crippen molar-refractivity contribution in [1.29, 1.82) is 0 Å². The highest BCUT2D eigenvalue weighted by Crippen LogP contribution is 2.21. The summed E-state index contributed by atoms with van der Waals surface area (Å²) in [4.78, 5) is 12.2. The van der Waals surface area contributed by atoms with Crippen molar-refractivity contribution in [3.05, 3.63) is 59.7 Å². The molecule has 2 aromatic rings. The highest BCUT2D eigenvalue weighted by Gasteiger charge is 2.12. The monoisotopic (exact) mass is 334 g/mol. The van der Waals surface area contributed by atoms with Crippen LogP contribution in [0, 0.1) is 0 Å². The first-order valence-electron chi connectivity index (χ1n) is 7.70. The average molecular weight is 334 g/mol. The summed E-state index contributed by atoms with van der Waals surface area (Å²) < 4.78 is 29.2. The second kappa shape index (κ2) is 8.98. The number of anilines is 1. The van der Waals surface area contributed by atoms with Gasteiger partial charge in [0, 0.05) is 17.8 Å². The van der Waals surface area contributed by atoms with E-state index in [0.29, 0.717) is 17.8 Å². The van der Waals surface area contributed by atoms with Gasteiger partial charge in [0.2, 0.25) is 5.91 Å². The van der Waals surface area contributed by atoms with Crippen LogP contribution in [0.25, 0.3) is 0 Å². The van der Waals surface area contributed by atoms with Crippen LogP contribution in [0.3, 0.4) is 0 Å². The minimum Gasteiger partial charge on any atom is -0.435 e. The molecule has 0 aliphatic rings. The van der Waals surface area contributed by atoms with E-state index in [0.717, 1.165) is 12.1 Å². The maximum Gasteiger partial charge on any atom is 0.387 e. The van der Waals surface area contributed by atoms with E-state index >= 15 is 0 Å². The Morgan fingerprint density at radius 2 is 1.96 bits per heavy atom. The number of benzene rings is 2. The summed E-state index contributed by atoms with van der Waals surface area (Å²) in [5.41, 5.74) is 2.14. The molecule has 4 nitrogen and oxygen atoms in total. The van der Waals surface area contributed by atoms with Gasteiger partial charge in [-0.05, 0) is 30.3 Å². The van der Waals surface area contributed by atoms with Crippen molar-refractivity contribution in [1.82, 2.24) is 5.32 Å². The number of alkyl halides is 2. The smallest absolute Gasteiger partial charge is 0.387 e. The van der Waals surface area contributed by atoms with Gasteiger partial charge in [0.25, 0.3) is 0 Å². The molecule has 2 rings (SSSR count). The third-order valence-electron chi connectivity index (χ3n) is 3.33. The summed E-state index contributed by atoms with van der Waals surface area (Å²) in [7, 11) is 0. The Morgan fingerprint density at radius 3 is 2.71 bits per heavy atom. The lowest BCUT2D eigenvalue weighted by atomic mass is 10.1. The molecule has 0 aromatic heterocycles. The molecule has 0 saturated heterocycles. The fourth-order valence-corrected chi connectivity index (χ4v) is 2.27. The lowest BCUT2D eigenvalue weighted by Crippen LogP contribution is -2.16. The molecule has 24 heavy (non-hydrogen) atoms. The second-order valence-corrected chi connectivity index (χ2v) is 5.19. The summed E-state index contributed by atoms with van der Waals surface area (Å²) in [6, 6.07) is 13.8. The maximum atomic E-state index is 12.4. The minimum atomic E-state index is -2.92. The molecule has 0 aliphatic carbocycles. The van der Waals surface area contributed by atoms with Crippen LogP contribution < -0.4 is 15.4 Å². The van der Waals surface area contributed by atoms with Crippen molar-refractivity contribution in [2.45, 2.75) is 26.5 Å². The number of carbonyl (C=O) groups is 1. The molecule has 0 unspecified atom stereocenters. The molecule has 6 heteroatoms. The van der Waals surface area contributed by atoms with Gasteiger partial charge >= 0.3 is 6.61 Å². The fraction of sp³-hybridized carbons (Fsp3) is 0.278. The molecule has 128 valence electrons. The summed E-state index contributed by atoms with van der Waals surface area (Å²) in [6.07, 6.45) is -0.0413. The Kier molecular flexibility index (Phi) is 6.69. The van der Waals surface area contributed by atoms with Crippen LogP contribution in [0.5, 0.6) is 5.75 Å². The van der Waals surface area contributed by atoms with Gasteiger partial charge in [0.15, 0.2) is 0 Å². The minimum absolute atomic E-state index is 0.0172. The van der Waals surface area contributed by atoms with Crippen LogP contribution in [0.2, 0.25) is 0 Å². The standard InChI is InChI=1S/C18H20F2N2O2/c1-2-21-12-13-6-5-8-15(10-13)22-17(23)11-14-7-3-4-9-16(14)24-18(19)20/h3-10,18,21H,2,11-12H2,1H3,(H,22,23). The van der Waals surface area contributed by atoms with Gasteiger partial charge in [-0.2, -0.15) is 8.78 Å². The summed E-state index contributed by atoms with van der Waals surface area (Å²) in [5.74, 6) is -0.274. The number of ether oxygens (including phenoxy) is 1. The zero-order valence-corrected chi connectivity index (χ0v) is 13.4. The van der Waals surface area contributed by atoms with E-state index < -0.39 is 6.61 Å².